The molecule has 1 aliphatic rings. The highest BCUT2D eigenvalue weighted by atomic mass is 16.4. The maximum atomic E-state index is 13.7. The van der Waals surface area contributed by atoms with Gasteiger partial charge in [0.05, 0.1) is 6.04 Å². The number of hydrogen-bond donors (Lipinski definition) is 8. The van der Waals surface area contributed by atoms with Gasteiger partial charge in [0.25, 0.3) is 0 Å². The first-order valence-electron chi connectivity index (χ1n) is 14.7. The van der Waals surface area contributed by atoms with Crippen molar-refractivity contribution in [3.05, 3.63) is 65.9 Å². The zero-order valence-corrected chi connectivity index (χ0v) is 24.0. The summed E-state index contributed by atoms with van der Waals surface area (Å²) in [6, 6.07) is 9.88. The Hall–Kier alpha value is -4.42. The smallest absolute Gasteiger partial charge is 0.326 e. The number of aromatic nitrogens is 1. The zero-order valence-electron chi connectivity index (χ0n) is 24.0. The fraction of sp³-hybridized carbons (Fsp3) is 0.419. The summed E-state index contributed by atoms with van der Waals surface area (Å²) < 4.78 is 0. The van der Waals surface area contributed by atoms with Crippen LogP contribution in [0.2, 0.25) is 0 Å². The van der Waals surface area contributed by atoms with Crippen molar-refractivity contribution in [3.63, 3.8) is 0 Å². The molecule has 1 aliphatic heterocycles. The van der Waals surface area contributed by atoms with Crippen LogP contribution < -0.4 is 27.0 Å². The third kappa shape index (κ3) is 8.79. The van der Waals surface area contributed by atoms with Crippen LogP contribution in [0.4, 0.5) is 0 Å². The van der Waals surface area contributed by atoms with E-state index in [4.69, 9.17) is 5.73 Å². The van der Waals surface area contributed by atoms with Gasteiger partial charge in [-0.15, -0.1) is 0 Å². The van der Waals surface area contributed by atoms with Gasteiger partial charge in [0.1, 0.15) is 23.9 Å². The van der Waals surface area contributed by atoms with E-state index in [1.807, 2.05) is 24.3 Å². The van der Waals surface area contributed by atoms with Crippen molar-refractivity contribution in [2.24, 2.45) is 5.73 Å². The molecule has 2 heterocycles. The van der Waals surface area contributed by atoms with Gasteiger partial charge < -0.3 is 42.2 Å². The molecule has 9 N–H and O–H groups in total. The number of aromatic amines is 1. The van der Waals surface area contributed by atoms with E-state index in [-0.39, 0.29) is 30.5 Å². The number of H-pyrrole nitrogens is 1. The Morgan fingerprint density at radius 1 is 0.907 bits per heavy atom. The number of aliphatic carboxylic acids is 1. The van der Waals surface area contributed by atoms with Gasteiger partial charge in [-0.2, -0.15) is 0 Å². The number of phenolic OH excluding ortho intramolecular Hbond substituents is 1. The van der Waals surface area contributed by atoms with Gasteiger partial charge in [0.2, 0.25) is 17.7 Å². The summed E-state index contributed by atoms with van der Waals surface area (Å²) in [5, 5.41) is 31.7. The molecule has 3 amide bonds. The first-order chi connectivity index (χ1) is 20.7. The van der Waals surface area contributed by atoms with Gasteiger partial charge in [-0.05, 0) is 74.5 Å². The number of rotatable bonds is 15. The number of aromatic hydroxyl groups is 1. The number of unbranched alkanes of at least 4 members (excludes halogenated alkanes) is 1. The number of nitrogens with two attached hydrogens (primary N) is 1. The molecule has 0 bridgehead atoms. The van der Waals surface area contributed by atoms with Crippen LogP contribution in [0.15, 0.2) is 54.7 Å². The number of carboxylic acids is 1. The molecule has 1 saturated heterocycles. The minimum absolute atomic E-state index is 0.0265. The third-order valence-corrected chi connectivity index (χ3v) is 7.68. The number of carbonyl (C=O) groups excluding carboxylic acids is 3. The van der Waals surface area contributed by atoms with Crippen LogP contribution in [0.1, 0.15) is 43.2 Å². The Labute approximate surface area is 249 Å². The number of para-hydroxylation sites is 1. The van der Waals surface area contributed by atoms with E-state index >= 15 is 0 Å². The normalized spacial score (nSPS) is 16.7. The van der Waals surface area contributed by atoms with E-state index in [0.29, 0.717) is 37.8 Å². The van der Waals surface area contributed by atoms with Crippen molar-refractivity contribution < 1.29 is 29.4 Å². The first kappa shape index (κ1) is 31.5. The van der Waals surface area contributed by atoms with Crippen molar-refractivity contribution in [3.8, 4) is 5.75 Å². The average molecular weight is 593 g/mol. The molecule has 4 rings (SSSR count). The number of phenols is 1. The summed E-state index contributed by atoms with van der Waals surface area (Å²) in [6.45, 7) is 1.17. The van der Waals surface area contributed by atoms with Crippen molar-refractivity contribution in [1.29, 1.82) is 0 Å². The SMILES string of the molecule is NCCCCC(NC(=O)C1CCCN1)C(=O)NC(Cc1c[nH]c2ccccc12)C(=O)NC(Cc1ccc(O)cc1)C(=O)O. The second-order valence-corrected chi connectivity index (χ2v) is 10.9. The van der Waals surface area contributed by atoms with Gasteiger partial charge in [-0.25, -0.2) is 4.79 Å². The van der Waals surface area contributed by atoms with Gasteiger partial charge in [-0.1, -0.05) is 30.3 Å². The predicted molar refractivity (Wildman–Crippen MR) is 161 cm³/mol. The van der Waals surface area contributed by atoms with E-state index < -0.39 is 35.9 Å². The number of carbonyl (C=O) groups is 4. The molecule has 3 aromatic rings. The van der Waals surface area contributed by atoms with Crippen molar-refractivity contribution in [2.75, 3.05) is 13.1 Å². The third-order valence-electron chi connectivity index (χ3n) is 7.68. The topological polar surface area (TPSA) is 199 Å². The lowest BCUT2D eigenvalue weighted by Gasteiger charge is -2.25. The van der Waals surface area contributed by atoms with Crippen LogP contribution in [-0.2, 0) is 32.0 Å². The van der Waals surface area contributed by atoms with Crippen LogP contribution in [0.3, 0.4) is 0 Å². The van der Waals surface area contributed by atoms with Gasteiger partial charge in [-0.3, -0.25) is 14.4 Å². The second kappa shape index (κ2) is 15.2. The molecule has 1 fully saturated rings. The van der Waals surface area contributed by atoms with E-state index in [2.05, 4.69) is 26.3 Å². The van der Waals surface area contributed by atoms with Gasteiger partial charge in [0, 0.05) is 29.9 Å². The fourth-order valence-electron chi connectivity index (χ4n) is 5.28. The molecule has 2 aromatic carbocycles. The number of amides is 3. The van der Waals surface area contributed by atoms with Crippen LogP contribution in [0, 0.1) is 0 Å². The Morgan fingerprint density at radius 2 is 1.63 bits per heavy atom. The highest BCUT2D eigenvalue weighted by Gasteiger charge is 2.32. The minimum atomic E-state index is -1.28. The standard InChI is InChI=1S/C31H40N6O6/c32-14-4-3-8-25(35-28(39)24-9-5-15-33-24)29(40)36-26(17-20-18-34-23-7-2-1-6-22(20)23)30(41)37-27(31(42)43)16-19-10-12-21(38)13-11-19/h1-2,6-7,10-13,18,24-27,33-34,38H,3-5,8-9,14-17,32H2,(H,35,39)(H,36,40)(H,37,41)(H,42,43). The molecule has 0 radical (unpaired) electrons. The Morgan fingerprint density at radius 3 is 2.33 bits per heavy atom. The van der Waals surface area contributed by atoms with E-state index in [1.165, 1.54) is 12.1 Å². The summed E-state index contributed by atoms with van der Waals surface area (Å²) in [7, 11) is 0. The summed E-state index contributed by atoms with van der Waals surface area (Å²) in [4.78, 5) is 55.5. The van der Waals surface area contributed by atoms with Gasteiger partial charge in [0.15, 0.2) is 0 Å². The highest BCUT2D eigenvalue weighted by molar-refractivity contribution is 5.95. The van der Waals surface area contributed by atoms with Gasteiger partial charge >= 0.3 is 5.97 Å². The second-order valence-electron chi connectivity index (χ2n) is 10.9. The molecule has 12 nitrogen and oxygen atoms in total. The maximum absolute atomic E-state index is 13.7. The first-order valence-corrected chi connectivity index (χ1v) is 14.7. The number of benzene rings is 2. The Bertz CT molecular complexity index is 1400. The maximum Gasteiger partial charge on any atom is 0.326 e. The van der Waals surface area contributed by atoms with E-state index in [0.717, 1.165) is 29.4 Å². The molecular weight excluding hydrogens is 552 g/mol. The zero-order chi connectivity index (χ0) is 30.8. The summed E-state index contributed by atoms with van der Waals surface area (Å²) in [5.41, 5.74) is 7.88. The Kier molecular flexibility index (Phi) is 11.1. The van der Waals surface area contributed by atoms with E-state index in [9.17, 15) is 29.4 Å². The highest BCUT2D eigenvalue weighted by Crippen LogP contribution is 2.20. The van der Waals surface area contributed by atoms with Crippen LogP contribution in [-0.4, -0.2) is 76.1 Å². The minimum Gasteiger partial charge on any atom is -0.508 e. The monoisotopic (exact) mass is 592 g/mol. The number of fused-ring (bicyclic) bond motifs is 1. The average Bonchev–Trinajstić information content (AvgIpc) is 3.68. The molecule has 43 heavy (non-hydrogen) atoms. The molecule has 0 aliphatic carbocycles. The molecule has 0 saturated carbocycles. The molecule has 12 heteroatoms. The number of nitrogens with one attached hydrogen (secondary N) is 5. The van der Waals surface area contributed by atoms with Crippen molar-refractivity contribution in [2.45, 2.75) is 69.1 Å². The number of carboxylic acid groups (broad SMARTS) is 1. The molecule has 230 valence electrons. The number of hydrogen-bond acceptors (Lipinski definition) is 7. The molecule has 0 spiro atoms. The summed E-state index contributed by atoms with van der Waals surface area (Å²) in [5.74, 6) is -2.68. The quantitative estimate of drug-likeness (QED) is 0.120. The Balaban J connectivity index is 1.55. The van der Waals surface area contributed by atoms with Crippen LogP contribution in [0.5, 0.6) is 5.75 Å². The lowest BCUT2D eigenvalue weighted by atomic mass is 10.0. The molecule has 4 atom stereocenters. The van der Waals surface area contributed by atoms with Crippen LogP contribution >= 0.6 is 0 Å². The van der Waals surface area contributed by atoms with E-state index in [1.54, 1.807) is 18.3 Å². The molecular formula is C31H40N6O6. The van der Waals surface area contributed by atoms with Crippen molar-refractivity contribution in [1.82, 2.24) is 26.3 Å². The molecule has 1 aromatic heterocycles. The lowest BCUT2D eigenvalue weighted by molar-refractivity contribution is -0.142. The largest absolute Gasteiger partial charge is 0.508 e. The summed E-state index contributed by atoms with van der Waals surface area (Å²) in [6.07, 6.45) is 4.95. The predicted octanol–water partition coefficient (Wildman–Crippen LogP) is 1.08. The van der Waals surface area contributed by atoms with Crippen LogP contribution in [0.25, 0.3) is 10.9 Å². The summed E-state index contributed by atoms with van der Waals surface area (Å²) >= 11 is 0. The lowest BCUT2D eigenvalue weighted by Crippen LogP contribution is -2.57. The van der Waals surface area contributed by atoms with Crippen molar-refractivity contribution >= 4 is 34.6 Å². The fourth-order valence-corrected chi connectivity index (χ4v) is 5.28. The molecule has 4 unspecified atom stereocenters.